The number of benzene rings is 1. The third-order valence-electron chi connectivity index (χ3n) is 7.98. The number of nitrogens with zero attached hydrogens (tertiary/aromatic N) is 5. The van der Waals surface area contributed by atoms with Gasteiger partial charge in [-0.15, -0.1) is 0 Å². The number of ether oxygens (including phenoxy) is 1. The van der Waals surface area contributed by atoms with Gasteiger partial charge in [-0.25, -0.2) is 9.48 Å². The second kappa shape index (κ2) is 11.7. The van der Waals surface area contributed by atoms with Crippen LogP contribution in [-0.2, 0) is 20.8 Å². The Hall–Kier alpha value is -4.89. The largest absolute Gasteiger partial charge is 0.481 e. The van der Waals surface area contributed by atoms with Crippen molar-refractivity contribution in [2.24, 2.45) is 5.41 Å². The van der Waals surface area contributed by atoms with Crippen molar-refractivity contribution in [2.75, 3.05) is 23.7 Å². The molecule has 2 aromatic heterocycles. The molecule has 16 heteroatoms. The SMILES string of the molecule is Cc1ccn(-c2cc(CCC(=O)O)ccc2[C@@H](Oc2cc(N3CCC4(CC3)CC(=O)N[C@@H]4C(=O)O)nc(N)n2)C(F)(F)F)n1. The first-order chi connectivity index (χ1) is 20.7. The molecular weight excluding hydrogens is 587 g/mol. The maximum atomic E-state index is 14.6. The summed E-state index contributed by atoms with van der Waals surface area (Å²) in [6.45, 7) is 2.23. The minimum absolute atomic E-state index is 0.0552. The van der Waals surface area contributed by atoms with E-state index in [0.717, 1.165) is 0 Å². The number of nitrogen functional groups attached to an aromatic ring is 1. The number of aryl methyl sites for hydroxylation is 2. The number of nitrogens with two attached hydrogens (primary N) is 1. The number of carboxylic acid groups (broad SMARTS) is 2. The topological polar surface area (TPSA) is 186 Å². The highest BCUT2D eigenvalue weighted by Crippen LogP contribution is 2.44. The maximum absolute atomic E-state index is 14.6. The van der Waals surface area contributed by atoms with Crippen molar-refractivity contribution < 1.29 is 42.5 Å². The minimum atomic E-state index is -4.91. The van der Waals surface area contributed by atoms with Crippen LogP contribution in [0.25, 0.3) is 5.69 Å². The summed E-state index contributed by atoms with van der Waals surface area (Å²) in [7, 11) is 0. The van der Waals surface area contributed by atoms with Crippen LogP contribution in [0.1, 0.15) is 48.6 Å². The molecule has 2 aliphatic rings. The first kappa shape index (κ1) is 30.6. The number of carbonyl (C=O) groups excluding carboxylic acids is 1. The van der Waals surface area contributed by atoms with E-state index in [2.05, 4.69) is 20.4 Å². The van der Waals surface area contributed by atoms with Crippen LogP contribution in [0.5, 0.6) is 5.88 Å². The molecule has 0 radical (unpaired) electrons. The molecule has 44 heavy (non-hydrogen) atoms. The van der Waals surface area contributed by atoms with E-state index in [4.69, 9.17) is 15.6 Å². The fourth-order valence-corrected chi connectivity index (χ4v) is 5.80. The van der Waals surface area contributed by atoms with Crippen LogP contribution < -0.4 is 20.7 Å². The number of carbonyl (C=O) groups is 3. The number of anilines is 2. The van der Waals surface area contributed by atoms with E-state index in [0.29, 0.717) is 24.1 Å². The molecule has 4 heterocycles. The molecule has 5 N–H and O–H groups in total. The molecular formula is C28H30F3N7O6. The van der Waals surface area contributed by atoms with Crippen LogP contribution in [0.3, 0.4) is 0 Å². The quantitative estimate of drug-likeness (QED) is 0.277. The normalized spacial score (nSPS) is 18.7. The minimum Gasteiger partial charge on any atom is -0.481 e. The lowest BCUT2D eigenvalue weighted by molar-refractivity contribution is -0.198. The van der Waals surface area contributed by atoms with E-state index in [-0.39, 0.29) is 61.3 Å². The van der Waals surface area contributed by atoms with Crippen molar-refractivity contribution in [3.8, 4) is 11.6 Å². The molecule has 0 saturated carbocycles. The summed E-state index contributed by atoms with van der Waals surface area (Å²) in [5, 5.41) is 25.4. The summed E-state index contributed by atoms with van der Waals surface area (Å²) in [5.74, 6) is -3.08. The van der Waals surface area contributed by atoms with Gasteiger partial charge in [0.1, 0.15) is 11.9 Å². The van der Waals surface area contributed by atoms with Crippen molar-refractivity contribution in [1.29, 1.82) is 0 Å². The van der Waals surface area contributed by atoms with Gasteiger partial charge in [0.2, 0.25) is 23.8 Å². The Morgan fingerprint density at radius 2 is 1.91 bits per heavy atom. The van der Waals surface area contributed by atoms with Gasteiger partial charge in [-0.05, 0) is 43.9 Å². The summed E-state index contributed by atoms with van der Waals surface area (Å²) < 4.78 is 50.6. The monoisotopic (exact) mass is 617 g/mol. The van der Waals surface area contributed by atoms with Crippen molar-refractivity contribution >= 4 is 29.6 Å². The Balaban J connectivity index is 1.44. The van der Waals surface area contributed by atoms with Crippen molar-refractivity contribution in [3.63, 3.8) is 0 Å². The standard InChI is InChI=1S/C28H30F3N7O6/c1-15-6-9-38(36-15)18-12-16(3-5-22(40)41)2-4-17(18)24(28(29,30)31)44-21-13-19(33-26(32)35-21)37-10-7-27(8-11-37)14-20(39)34-23(27)25(42)43/h2,4,6,9,12-13,23-24H,3,5,7-8,10-11,14H2,1H3,(H,34,39)(H,40,41)(H,42,43)(H2,32,33,35)/t23-,24-/m1/s1. The second-order valence-electron chi connectivity index (χ2n) is 11.0. The zero-order valence-electron chi connectivity index (χ0n) is 23.5. The van der Waals surface area contributed by atoms with Gasteiger partial charge in [0.05, 0.1) is 11.4 Å². The van der Waals surface area contributed by atoms with Gasteiger partial charge in [0.15, 0.2) is 0 Å². The summed E-state index contributed by atoms with van der Waals surface area (Å²) in [6, 6.07) is 5.92. The number of aromatic nitrogens is 4. The lowest BCUT2D eigenvalue weighted by Crippen LogP contribution is -2.50. The molecule has 234 valence electrons. The molecule has 1 amide bonds. The molecule has 0 bridgehead atoms. The van der Waals surface area contributed by atoms with Gasteiger partial charge >= 0.3 is 18.1 Å². The molecule has 13 nitrogen and oxygen atoms in total. The average Bonchev–Trinajstić information content (AvgIpc) is 3.52. The van der Waals surface area contributed by atoms with Gasteiger partial charge < -0.3 is 30.9 Å². The van der Waals surface area contributed by atoms with E-state index in [9.17, 15) is 32.7 Å². The Morgan fingerprint density at radius 1 is 1.18 bits per heavy atom. The molecule has 2 fully saturated rings. The van der Waals surface area contributed by atoms with Crippen LogP contribution in [0.15, 0.2) is 36.5 Å². The molecule has 5 rings (SSSR count). The van der Waals surface area contributed by atoms with E-state index >= 15 is 0 Å². The summed E-state index contributed by atoms with van der Waals surface area (Å²) in [6.07, 6.45) is -5.31. The van der Waals surface area contributed by atoms with Crippen LogP contribution >= 0.6 is 0 Å². The number of carboxylic acids is 2. The Labute approximate surface area is 248 Å². The van der Waals surface area contributed by atoms with Gasteiger partial charge in [-0.2, -0.15) is 28.2 Å². The number of rotatable bonds is 9. The third-order valence-corrected chi connectivity index (χ3v) is 7.98. The predicted molar refractivity (Wildman–Crippen MR) is 148 cm³/mol. The number of aliphatic carboxylic acids is 2. The molecule has 0 aliphatic carbocycles. The molecule has 1 spiro atoms. The number of hydrogen-bond acceptors (Lipinski definition) is 9. The molecule has 1 aromatic carbocycles. The average molecular weight is 618 g/mol. The number of nitrogens with one attached hydrogen (secondary N) is 1. The van der Waals surface area contributed by atoms with Crippen molar-refractivity contribution in [3.05, 3.63) is 53.3 Å². The van der Waals surface area contributed by atoms with Crippen LogP contribution in [0, 0.1) is 12.3 Å². The molecule has 2 saturated heterocycles. The first-order valence-electron chi connectivity index (χ1n) is 13.8. The van der Waals surface area contributed by atoms with Gasteiger partial charge in [0, 0.05) is 49.2 Å². The maximum Gasteiger partial charge on any atom is 0.429 e. The molecule has 3 aromatic rings. The summed E-state index contributed by atoms with van der Waals surface area (Å²) >= 11 is 0. The Morgan fingerprint density at radius 3 is 2.52 bits per heavy atom. The number of piperidine rings is 1. The van der Waals surface area contributed by atoms with E-state index < -0.39 is 41.6 Å². The molecule has 2 atom stereocenters. The van der Waals surface area contributed by atoms with Crippen LogP contribution in [0.4, 0.5) is 24.9 Å². The fourth-order valence-electron chi connectivity index (χ4n) is 5.80. The van der Waals surface area contributed by atoms with Gasteiger partial charge in [-0.1, -0.05) is 12.1 Å². The lowest BCUT2D eigenvalue weighted by atomic mass is 9.72. The predicted octanol–water partition coefficient (Wildman–Crippen LogP) is 2.81. The van der Waals surface area contributed by atoms with Crippen molar-refractivity contribution in [1.82, 2.24) is 25.1 Å². The summed E-state index contributed by atoms with van der Waals surface area (Å²) in [4.78, 5) is 44.6. The smallest absolute Gasteiger partial charge is 0.429 e. The zero-order chi connectivity index (χ0) is 31.8. The molecule has 2 aliphatic heterocycles. The molecule has 0 unspecified atom stereocenters. The van der Waals surface area contributed by atoms with Crippen LogP contribution in [0.2, 0.25) is 0 Å². The van der Waals surface area contributed by atoms with E-state index in [1.807, 2.05) is 0 Å². The van der Waals surface area contributed by atoms with Crippen molar-refractivity contribution in [2.45, 2.75) is 57.3 Å². The van der Waals surface area contributed by atoms with Crippen LogP contribution in [-0.4, -0.2) is 73.1 Å². The highest BCUT2D eigenvalue weighted by atomic mass is 19.4. The number of hydrogen-bond donors (Lipinski definition) is 4. The van der Waals surface area contributed by atoms with E-state index in [1.54, 1.807) is 17.9 Å². The summed E-state index contributed by atoms with van der Waals surface area (Å²) in [5.41, 5.74) is 5.93. The number of alkyl halides is 3. The zero-order valence-corrected chi connectivity index (χ0v) is 23.5. The first-order valence-corrected chi connectivity index (χ1v) is 13.8. The van der Waals surface area contributed by atoms with Gasteiger partial charge in [-0.3, -0.25) is 9.59 Å². The van der Waals surface area contributed by atoms with Gasteiger partial charge in [0.25, 0.3) is 0 Å². The van der Waals surface area contributed by atoms with E-state index in [1.165, 1.54) is 35.1 Å². The fraction of sp³-hybridized carbons (Fsp3) is 0.429. The second-order valence-corrected chi connectivity index (χ2v) is 11.0. The Bertz CT molecular complexity index is 1590. The Kier molecular flexibility index (Phi) is 8.09. The highest BCUT2D eigenvalue weighted by molar-refractivity contribution is 5.89. The third kappa shape index (κ3) is 6.38. The highest BCUT2D eigenvalue weighted by Gasteiger charge is 2.52. The lowest BCUT2D eigenvalue weighted by Gasteiger charge is -2.41. The number of halogens is 3. The number of amides is 1.